The molecule has 2 rings (SSSR count). The quantitative estimate of drug-likeness (QED) is 0.751. The highest BCUT2D eigenvalue weighted by Gasteiger charge is 2.02. The van der Waals surface area contributed by atoms with Crippen LogP contribution in [0, 0.1) is 6.92 Å². The minimum Gasteiger partial charge on any atom is -0.396 e. The Kier molecular flexibility index (Phi) is 2.56. The summed E-state index contributed by atoms with van der Waals surface area (Å²) in [5, 5.41) is 0.327. The van der Waals surface area contributed by atoms with E-state index in [1.807, 2.05) is 25.1 Å². The summed E-state index contributed by atoms with van der Waals surface area (Å²) in [5.74, 6) is 0. The highest BCUT2D eigenvalue weighted by molar-refractivity contribution is 6.31. The molecule has 15 heavy (non-hydrogen) atoms. The number of hydrogen-bond acceptors (Lipinski definition) is 3. The number of anilines is 1. The average molecular weight is 220 g/mol. The van der Waals surface area contributed by atoms with Gasteiger partial charge >= 0.3 is 0 Å². The number of nitrogen functional groups attached to an aromatic ring is 1. The largest absolute Gasteiger partial charge is 0.396 e. The average Bonchev–Trinajstić information content (AvgIpc) is 2.23. The van der Waals surface area contributed by atoms with Gasteiger partial charge < -0.3 is 5.73 Å². The maximum Gasteiger partial charge on any atom is 0.152 e. The SMILES string of the molecule is Cc1ccc(-c2ccc(N)c(Cl)n2)cn1. The van der Waals surface area contributed by atoms with E-state index in [9.17, 15) is 0 Å². The second kappa shape index (κ2) is 3.87. The molecule has 2 heterocycles. The Balaban J connectivity index is 2.45. The first-order chi connectivity index (χ1) is 7.16. The van der Waals surface area contributed by atoms with E-state index in [1.165, 1.54) is 0 Å². The third-order valence-corrected chi connectivity index (χ3v) is 2.39. The third kappa shape index (κ3) is 2.07. The molecule has 4 heteroatoms. The Labute approximate surface area is 92.9 Å². The maximum absolute atomic E-state index is 5.84. The van der Waals surface area contributed by atoms with Crippen molar-refractivity contribution in [2.75, 3.05) is 5.73 Å². The molecule has 2 aromatic rings. The van der Waals surface area contributed by atoms with Gasteiger partial charge in [0.2, 0.25) is 0 Å². The van der Waals surface area contributed by atoms with E-state index < -0.39 is 0 Å². The van der Waals surface area contributed by atoms with Crippen LogP contribution in [0.3, 0.4) is 0 Å². The highest BCUT2D eigenvalue weighted by atomic mass is 35.5. The smallest absolute Gasteiger partial charge is 0.152 e. The number of rotatable bonds is 1. The molecule has 3 nitrogen and oxygen atoms in total. The molecule has 0 amide bonds. The van der Waals surface area contributed by atoms with Gasteiger partial charge in [-0.15, -0.1) is 0 Å². The number of nitrogens with zero attached hydrogens (tertiary/aromatic N) is 2. The molecule has 0 atom stereocenters. The topological polar surface area (TPSA) is 51.8 Å². The summed E-state index contributed by atoms with van der Waals surface area (Å²) in [6, 6.07) is 7.45. The Morgan fingerprint density at radius 3 is 2.60 bits per heavy atom. The first-order valence-electron chi connectivity index (χ1n) is 4.52. The van der Waals surface area contributed by atoms with Crippen molar-refractivity contribution >= 4 is 17.3 Å². The second-order valence-electron chi connectivity index (χ2n) is 3.26. The molecule has 0 aliphatic heterocycles. The van der Waals surface area contributed by atoms with Crippen molar-refractivity contribution < 1.29 is 0 Å². The molecular formula is C11H10ClN3. The van der Waals surface area contributed by atoms with E-state index >= 15 is 0 Å². The number of halogens is 1. The van der Waals surface area contributed by atoms with Gasteiger partial charge in [-0.25, -0.2) is 4.98 Å². The predicted molar refractivity (Wildman–Crippen MR) is 61.6 cm³/mol. The van der Waals surface area contributed by atoms with Crippen LogP contribution in [0.15, 0.2) is 30.5 Å². The zero-order valence-corrected chi connectivity index (χ0v) is 8.99. The van der Waals surface area contributed by atoms with E-state index in [0.717, 1.165) is 17.0 Å². The highest BCUT2D eigenvalue weighted by Crippen LogP contribution is 2.22. The van der Waals surface area contributed by atoms with Crippen molar-refractivity contribution in [3.05, 3.63) is 41.3 Å². The van der Waals surface area contributed by atoms with Gasteiger partial charge in [-0.05, 0) is 31.2 Å². The monoisotopic (exact) mass is 219 g/mol. The normalized spacial score (nSPS) is 10.3. The van der Waals surface area contributed by atoms with E-state index in [1.54, 1.807) is 12.3 Å². The fourth-order valence-electron chi connectivity index (χ4n) is 1.23. The van der Waals surface area contributed by atoms with E-state index in [-0.39, 0.29) is 0 Å². The van der Waals surface area contributed by atoms with Crippen LogP contribution in [0.1, 0.15) is 5.69 Å². The third-order valence-electron chi connectivity index (χ3n) is 2.08. The van der Waals surface area contributed by atoms with E-state index in [4.69, 9.17) is 17.3 Å². The fraction of sp³-hybridized carbons (Fsp3) is 0.0909. The van der Waals surface area contributed by atoms with Crippen LogP contribution in [0.2, 0.25) is 5.15 Å². The fourth-order valence-corrected chi connectivity index (χ4v) is 1.38. The number of nitrogens with two attached hydrogens (primary N) is 1. The van der Waals surface area contributed by atoms with Gasteiger partial charge in [0.25, 0.3) is 0 Å². The Morgan fingerprint density at radius 2 is 2.00 bits per heavy atom. The van der Waals surface area contributed by atoms with Gasteiger partial charge in [-0.2, -0.15) is 0 Å². The van der Waals surface area contributed by atoms with Gasteiger partial charge in [-0.3, -0.25) is 4.98 Å². The van der Waals surface area contributed by atoms with Gasteiger partial charge in [0.05, 0.1) is 11.4 Å². The molecule has 0 saturated heterocycles. The van der Waals surface area contributed by atoms with Crippen molar-refractivity contribution in [3.63, 3.8) is 0 Å². The van der Waals surface area contributed by atoms with Crippen LogP contribution < -0.4 is 5.73 Å². The van der Waals surface area contributed by atoms with Crippen molar-refractivity contribution in [1.82, 2.24) is 9.97 Å². The molecular weight excluding hydrogens is 210 g/mol. The summed E-state index contributed by atoms with van der Waals surface area (Å²) in [4.78, 5) is 8.37. The zero-order valence-electron chi connectivity index (χ0n) is 8.24. The van der Waals surface area contributed by atoms with Crippen molar-refractivity contribution in [3.8, 4) is 11.3 Å². The van der Waals surface area contributed by atoms with Crippen molar-refractivity contribution in [2.24, 2.45) is 0 Å². The molecule has 0 bridgehead atoms. The summed E-state index contributed by atoms with van der Waals surface area (Å²) < 4.78 is 0. The molecule has 0 aliphatic carbocycles. The minimum absolute atomic E-state index is 0.327. The molecule has 0 saturated carbocycles. The molecule has 0 aromatic carbocycles. The van der Waals surface area contributed by atoms with Crippen LogP contribution >= 0.6 is 11.6 Å². The standard InChI is InChI=1S/C11H10ClN3/c1-7-2-3-8(6-14-7)10-5-4-9(13)11(12)15-10/h2-6H,13H2,1H3. The van der Waals surface area contributed by atoms with E-state index in [0.29, 0.717) is 10.8 Å². The second-order valence-corrected chi connectivity index (χ2v) is 3.62. The minimum atomic E-state index is 0.327. The summed E-state index contributed by atoms with van der Waals surface area (Å²) in [6.45, 7) is 1.94. The lowest BCUT2D eigenvalue weighted by Crippen LogP contribution is -1.91. The summed E-state index contributed by atoms with van der Waals surface area (Å²) in [6.07, 6.45) is 1.77. The van der Waals surface area contributed by atoms with Crippen molar-refractivity contribution in [2.45, 2.75) is 6.92 Å². The zero-order chi connectivity index (χ0) is 10.8. The number of aryl methyl sites for hydroxylation is 1. The number of hydrogen-bond donors (Lipinski definition) is 1. The lowest BCUT2D eigenvalue weighted by Gasteiger charge is -2.02. The Morgan fingerprint density at radius 1 is 1.20 bits per heavy atom. The molecule has 2 aromatic heterocycles. The Hall–Kier alpha value is -1.61. The molecule has 0 aliphatic rings. The number of pyridine rings is 2. The number of aromatic nitrogens is 2. The van der Waals surface area contributed by atoms with Crippen LogP contribution in [0.4, 0.5) is 5.69 Å². The van der Waals surface area contributed by atoms with Crippen LogP contribution in [-0.4, -0.2) is 9.97 Å². The molecule has 0 fully saturated rings. The van der Waals surface area contributed by atoms with Crippen LogP contribution in [0.5, 0.6) is 0 Å². The van der Waals surface area contributed by atoms with Gasteiger partial charge in [-0.1, -0.05) is 11.6 Å². The molecule has 0 unspecified atom stereocenters. The van der Waals surface area contributed by atoms with Crippen molar-refractivity contribution in [1.29, 1.82) is 0 Å². The predicted octanol–water partition coefficient (Wildman–Crippen LogP) is 2.69. The molecule has 76 valence electrons. The van der Waals surface area contributed by atoms with Crippen LogP contribution in [-0.2, 0) is 0 Å². The van der Waals surface area contributed by atoms with E-state index in [2.05, 4.69) is 9.97 Å². The summed E-state index contributed by atoms with van der Waals surface area (Å²) in [5.41, 5.74) is 8.75. The van der Waals surface area contributed by atoms with Gasteiger partial charge in [0.15, 0.2) is 5.15 Å². The van der Waals surface area contributed by atoms with Gasteiger partial charge in [0.1, 0.15) is 0 Å². The lowest BCUT2D eigenvalue weighted by molar-refractivity contribution is 1.19. The lowest BCUT2D eigenvalue weighted by atomic mass is 10.2. The Bertz CT molecular complexity index is 480. The summed E-state index contributed by atoms with van der Waals surface area (Å²) in [7, 11) is 0. The van der Waals surface area contributed by atoms with Crippen LogP contribution in [0.25, 0.3) is 11.3 Å². The first-order valence-corrected chi connectivity index (χ1v) is 4.89. The molecule has 0 spiro atoms. The van der Waals surface area contributed by atoms with Gasteiger partial charge in [0, 0.05) is 17.5 Å². The molecule has 2 N–H and O–H groups in total. The molecule has 0 radical (unpaired) electrons. The first kappa shape index (κ1) is 9.93. The summed E-state index contributed by atoms with van der Waals surface area (Å²) >= 11 is 5.84. The maximum atomic E-state index is 5.84.